The Morgan fingerprint density at radius 2 is 1.47 bits per heavy atom. The van der Waals surface area contributed by atoms with Crippen molar-refractivity contribution in [1.82, 2.24) is 30.2 Å². The summed E-state index contributed by atoms with van der Waals surface area (Å²) in [6.45, 7) is 2.19. The second-order valence-electron chi connectivity index (χ2n) is 17.1. The Kier molecular flexibility index (Phi) is 25.6. The lowest BCUT2D eigenvalue weighted by molar-refractivity contribution is -0.347. The van der Waals surface area contributed by atoms with Crippen molar-refractivity contribution in [3.05, 3.63) is 12.7 Å². The van der Waals surface area contributed by atoms with Gasteiger partial charge in [0.25, 0.3) is 15.6 Å². The lowest BCUT2D eigenvalue weighted by atomic mass is 9.87. The summed E-state index contributed by atoms with van der Waals surface area (Å²) in [5.74, 6) is -1.39. The molecule has 2 unspecified atom stereocenters. The number of nitrogens with two attached hydrogens (primary N) is 1. The van der Waals surface area contributed by atoms with E-state index in [4.69, 9.17) is 10.5 Å². The van der Waals surface area contributed by atoms with Gasteiger partial charge in [-0.25, -0.2) is 19.3 Å². The number of imidazole rings is 1. The first-order valence-corrected chi connectivity index (χ1v) is 28.0. The van der Waals surface area contributed by atoms with Crippen LogP contribution in [0.3, 0.4) is 0 Å². The highest BCUT2D eigenvalue weighted by molar-refractivity contribution is 8.13. The highest BCUT2D eigenvalue weighted by Crippen LogP contribution is 2.56. The van der Waals surface area contributed by atoms with Crippen LogP contribution in [-0.4, -0.2) is 114 Å². The number of carbonyl (C=O) groups is 3. The molecule has 0 aromatic carbocycles. The van der Waals surface area contributed by atoms with Crippen LogP contribution in [0.5, 0.6) is 0 Å². The summed E-state index contributed by atoms with van der Waals surface area (Å²) >= 11 is 0.903. The number of nitrogen functional groups attached to an aromatic ring is 1. The number of aromatic nitrogens is 4. The molecule has 1 aliphatic rings. The number of phosphoric acid groups is 3. The Morgan fingerprint density at radius 1 is 0.882 bits per heavy atom. The van der Waals surface area contributed by atoms with Gasteiger partial charge in [-0.2, -0.15) is 0 Å². The van der Waals surface area contributed by atoms with Gasteiger partial charge in [-0.05, 0) is 6.42 Å². The normalized spacial score (nSPS) is 20.4. The van der Waals surface area contributed by atoms with Crippen molar-refractivity contribution in [2.24, 2.45) is 5.41 Å². The number of thioether (sulfide) groups is 1. The number of nitrogens with zero attached hydrogens (tertiary/aromatic N) is 4. The van der Waals surface area contributed by atoms with Crippen LogP contribution in [0.1, 0.15) is 130 Å². The van der Waals surface area contributed by atoms with E-state index in [9.17, 15) is 63.0 Å². The molecule has 1 fully saturated rings. The van der Waals surface area contributed by atoms with Crippen LogP contribution in [0.4, 0.5) is 5.82 Å². The third-order valence-electron chi connectivity index (χ3n) is 10.8. The summed E-state index contributed by atoms with van der Waals surface area (Å²) < 4.78 is 60.8. The predicted molar refractivity (Wildman–Crippen MR) is 239 cm³/mol. The minimum atomic E-state index is -5.93. The number of amides is 2. The van der Waals surface area contributed by atoms with Crippen LogP contribution in [0.2, 0.25) is 0 Å². The van der Waals surface area contributed by atoms with Gasteiger partial charge in [-0.3, -0.25) is 28.1 Å². The number of carbonyl (C=O) groups excluding carboxylic acids is 3. The number of unbranched alkanes of at least 4 members (excludes halogenated alkanes) is 13. The second-order valence-corrected chi connectivity index (χ2v) is 22.2. The molecule has 1 aliphatic heterocycles. The maximum Gasteiger partial charge on any atom is 0.274 e. The zero-order valence-electron chi connectivity index (χ0n) is 38.5. The summed E-state index contributed by atoms with van der Waals surface area (Å²) in [5, 5.41) is 36.2. The fourth-order valence-electron chi connectivity index (χ4n) is 7.01. The van der Waals surface area contributed by atoms with E-state index < -0.39 is 90.7 Å². The molecule has 7 N–H and O–H groups in total. The summed E-state index contributed by atoms with van der Waals surface area (Å²) in [7, 11) is -17.6. The van der Waals surface area contributed by atoms with E-state index in [1.807, 2.05) is 0 Å². The Balaban J connectivity index is 1.31. The molecule has 3 heterocycles. The lowest BCUT2D eigenvalue weighted by Gasteiger charge is -2.36. The number of phosphoric ester groups is 3. The third kappa shape index (κ3) is 21.5. The number of aliphatic hydroxyl groups is 3. The number of ether oxygens (including phenoxy) is 1. The van der Waals surface area contributed by atoms with E-state index in [0.717, 1.165) is 54.7 Å². The molecule has 0 bridgehead atoms. The number of rotatable bonds is 35. The molecule has 0 saturated carbocycles. The van der Waals surface area contributed by atoms with Gasteiger partial charge in [0.1, 0.15) is 42.4 Å². The molecule has 0 radical (unpaired) electrons. The number of hydrogen-bond donors (Lipinski definition) is 6. The Morgan fingerprint density at radius 3 is 2.07 bits per heavy atom. The minimum absolute atomic E-state index is 0.0240. The predicted octanol–water partition coefficient (Wildman–Crippen LogP) is 1.37. The van der Waals surface area contributed by atoms with Gasteiger partial charge in [0.15, 0.2) is 17.7 Å². The summed E-state index contributed by atoms with van der Waals surface area (Å²) in [4.78, 5) is 96.9. The first kappa shape index (κ1) is 59.8. The molecule has 3 rings (SSSR count). The van der Waals surface area contributed by atoms with Crippen LogP contribution in [0, 0.1) is 5.41 Å². The quantitative estimate of drug-likeness (QED) is 0.0419. The van der Waals surface area contributed by atoms with Crippen molar-refractivity contribution in [2.45, 2.75) is 160 Å². The Labute approximate surface area is 399 Å². The van der Waals surface area contributed by atoms with Gasteiger partial charge in [-0.1, -0.05) is 122 Å². The first-order valence-electron chi connectivity index (χ1n) is 22.6. The molecule has 68 heavy (non-hydrogen) atoms. The molecule has 8 atom stereocenters. The van der Waals surface area contributed by atoms with Gasteiger partial charge in [0, 0.05) is 30.7 Å². The molecule has 1 saturated heterocycles. The Hall–Kier alpha value is -2.48. The molecule has 390 valence electrons. The monoisotopic (exact) mass is 1050 g/mol. The third-order valence-corrected chi connectivity index (χ3v) is 14.8. The highest BCUT2D eigenvalue weighted by atomic mass is 32.2. The van der Waals surface area contributed by atoms with Crippen LogP contribution in [0.15, 0.2) is 12.7 Å². The maximum absolute atomic E-state index is 12.6. The van der Waals surface area contributed by atoms with Crippen LogP contribution in [-0.2, 0) is 50.7 Å². The van der Waals surface area contributed by atoms with Gasteiger partial charge in [-0.15, -0.1) is 0 Å². The fraction of sp³-hybridized carbons (Fsp3) is 0.795. The molecule has 25 nitrogen and oxygen atoms in total. The van der Waals surface area contributed by atoms with E-state index in [-0.39, 0.29) is 47.4 Å². The zero-order chi connectivity index (χ0) is 50.5. The van der Waals surface area contributed by atoms with Crippen molar-refractivity contribution >= 4 is 69.1 Å². The zero-order valence-corrected chi connectivity index (χ0v) is 42.0. The van der Waals surface area contributed by atoms with Crippen molar-refractivity contribution in [1.29, 1.82) is 0 Å². The number of nitrogens with one attached hydrogen (secondary N) is 2. The average molecular weight is 1050 g/mol. The molecular weight excluding hydrogens is 979 g/mol. The topological polar surface area (TPSA) is 395 Å². The number of anilines is 1. The van der Waals surface area contributed by atoms with Crippen molar-refractivity contribution in [3.8, 4) is 0 Å². The first-order chi connectivity index (χ1) is 32.0. The molecule has 29 heteroatoms. The smallest absolute Gasteiger partial charge is 0.274 e. The fourth-order valence-corrected chi connectivity index (χ4v) is 10.5. The number of fused-ring (bicyclic) bond motifs is 1. The Bertz CT molecular complexity index is 2030. The highest BCUT2D eigenvalue weighted by Gasteiger charge is 2.47. The van der Waals surface area contributed by atoms with E-state index >= 15 is 0 Å². The molecule has 2 amide bonds. The second kappa shape index (κ2) is 29.1. The van der Waals surface area contributed by atoms with Gasteiger partial charge < -0.3 is 74.1 Å². The average Bonchev–Trinajstić information content (AvgIpc) is 3.83. The molecule has 0 aliphatic carbocycles. The standard InChI is InChI=1S/C39H70N7O18P3S/c1-4-5-6-7-8-9-10-11-12-13-14-15-16-17-18-27(47)38(52)68-22-21-41-29(48)19-20-42-36(51)33(50)39(2,3)24-61-67(58,59)64-66(56,57)60-23-28-32(63-65(53,54)55)31(49)37(62-28)46-26-45-30-34(40)43-25-44-35(30)46/h25-28,31-33,37,47,49-50H,4-24H2,1-3H3,(H,41,48)(H,42,51)(H,56,57)(H,58,59)(H2,40,43,44)(H2,53,54,55)/p-4/t27-,28-,31-,32-,33+,37-/m1/s1. The minimum Gasteiger partial charge on any atom is -0.790 e. The van der Waals surface area contributed by atoms with Crippen LogP contribution < -0.4 is 35.9 Å². The number of hydrogen-bond acceptors (Lipinski definition) is 23. The van der Waals surface area contributed by atoms with E-state index in [1.165, 1.54) is 78.1 Å². The van der Waals surface area contributed by atoms with Gasteiger partial charge in [0.05, 0.1) is 27.4 Å². The molecule has 2 aromatic rings. The van der Waals surface area contributed by atoms with E-state index in [2.05, 4.69) is 50.4 Å². The largest absolute Gasteiger partial charge is 0.790 e. The van der Waals surface area contributed by atoms with E-state index in [1.54, 1.807) is 0 Å². The van der Waals surface area contributed by atoms with E-state index in [0.29, 0.717) is 6.42 Å². The maximum atomic E-state index is 12.6. The van der Waals surface area contributed by atoms with Crippen molar-refractivity contribution in [3.63, 3.8) is 0 Å². The SMILES string of the molecule is CCCCCCCCCCCCCCCC[C@@H](O)C(=O)SCCNC(=O)CCNC(=O)[C@H](O)C(C)(C)COP(=O)([O-])OP(=O)([O-])OC[C@H]1O[C@@H](n2cnc3c(N)ncnc32)[C@H](O)[C@@H]1OP(=O)([O-])[O-]. The summed E-state index contributed by atoms with van der Waals surface area (Å²) in [6.07, 6.45) is 8.47. The van der Waals surface area contributed by atoms with Gasteiger partial charge >= 0.3 is 0 Å². The summed E-state index contributed by atoms with van der Waals surface area (Å²) in [6, 6.07) is 0. The van der Waals surface area contributed by atoms with Gasteiger partial charge in [0.2, 0.25) is 16.9 Å². The van der Waals surface area contributed by atoms with Crippen LogP contribution in [0.25, 0.3) is 11.2 Å². The van der Waals surface area contributed by atoms with Crippen LogP contribution >= 0.6 is 35.2 Å². The summed E-state index contributed by atoms with van der Waals surface area (Å²) in [5.41, 5.74) is 4.06. The van der Waals surface area contributed by atoms with Crippen molar-refractivity contribution in [2.75, 3.05) is 37.8 Å². The number of aliphatic hydroxyl groups excluding tert-OH is 3. The molecular formula is C39H66N7O18P3S-4. The molecule has 0 spiro atoms. The molecule has 2 aromatic heterocycles. The van der Waals surface area contributed by atoms with Crippen molar-refractivity contribution < 1.29 is 85.6 Å². The lowest BCUT2D eigenvalue weighted by Crippen LogP contribution is -2.46.